The Morgan fingerprint density at radius 2 is 1.50 bits per heavy atom. The summed E-state index contributed by atoms with van der Waals surface area (Å²) in [5.74, 6) is -1.57. The molecule has 1 amide bonds. The molecule has 148 valence electrons. The summed E-state index contributed by atoms with van der Waals surface area (Å²) in [5, 5.41) is 2.40. The van der Waals surface area contributed by atoms with Crippen LogP contribution in [0.15, 0.2) is 49.1 Å². The fourth-order valence-electron chi connectivity index (χ4n) is 2.09. The van der Waals surface area contributed by atoms with E-state index in [1.807, 2.05) is 0 Å². The monoisotopic (exact) mass is 438 g/mol. The molecule has 0 fully saturated rings. The Labute approximate surface area is 173 Å². The maximum Gasteiger partial charge on any atom is 0.255 e. The molecule has 0 aliphatic carbocycles. The molecule has 28 heavy (non-hydrogen) atoms. The van der Waals surface area contributed by atoms with Crippen LogP contribution in [0.5, 0.6) is 0 Å². The summed E-state index contributed by atoms with van der Waals surface area (Å²) in [4.78, 5) is 22.7. The van der Waals surface area contributed by atoms with Gasteiger partial charge in [-0.25, -0.2) is 8.42 Å². The number of carbonyl (C=O) groups excluding carboxylic acids is 1. The second-order valence-corrected chi connectivity index (χ2v) is 8.07. The average molecular weight is 439 g/mol. The highest BCUT2D eigenvalue weighted by Gasteiger charge is 2.21. The molecule has 0 radical (unpaired) electrons. The van der Waals surface area contributed by atoms with Crippen LogP contribution in [0.1, 0.15) is 11.1 Å². The molecule has 0 aromatic carbocycles. The van der Waals surface area contributed by atoms with Crippen molar-refractivity contribution in [3.05, 3.63) is 60.2 Å². The van der Waals surface area contributed by atoms with Crippen LogP contribution in [0.3, 0.4) is 0 Å². The summed E-state index contributed by atoms with van der Waals surface area (Å²) in [6.07, 6.45) is 6.22. The largest absolute Gasteiger partial charge is 0.287 e. The van der Waals surface area contributed by atoms with E-state index in [0.29, 0.717) is 16.1 Å². The Morgan fingerprint density at radius 1 is 1.00 bits per heavy atom. The van der Waals surface area contributed by atoms with Gasteiger partial charge in [-0.15, -0.1) is 4.83 Å². The van der Waals surface area contributed by atoms with Crippen LogP contribution in [0.2, 0.25) is 0 Å². The van der Waals surface area contributed by atoms with Gasteiger partial charge in [-0.1, -0.05) is 24.4 Å². The normalized spacial score (nSPS) is 10.8. The third kappa shape index (κ3) is 6.27. The van der Waals surface area contributed by atoms with Crippen LogP contribution in [-0.2, 0) is 14.8 Å². The SMILES string of the molecule is CN(NC(=O)CS(=O)(=O)NN(C)C(=S)c1cccnc1)C(=S)c1cccnc1. The number of rotatable bonds is 6. The van der Waals surface area contributed by atoms with Crippen molar-refractivity contribution >= 4 is 50.3 Å². The average Bonchev–Trinajstić information content (AvgIpc) is 2.67. The Morgan fingerprint density at radius 3 is 1.96 bits per heavy atom. The van der Waals surface area contributed by atoms with Crippen molar-refractivity contribution in [1.82, 2.24) is 30.2 Å². The predicted octanol–water partition coefficient (Wildman–Crippen LogP) is 0.257. The molecule has 0 saturated heterocycles. The lowest BCUT2D eigenvalue weighted by molar-refractivity contribution is -0.121. The number of sulfonamides is 1. The number of pyridine rings is 2. The van der Waals surface area contributed by atoms with E-state index in [4.69, 9.17) is 24.4 Å². The summed E-state index contributed by atoms with van der Waals surface area (Å²) in [5.41, 5.74) is 3.59. The molecule has 9 nitrogen and oxygen atoms in total. The van der Waals surface area contributed by atoms with Gasteiger partial charge in [0.25, 0.3) is 5.91 Å². The van der Waals surface area contributed by atoms with Gasteiger partial charge in [0.15, 0.2) is 0 Å². The third-order valence-electron chi connectivity index (χ3n) is 3.32. The molecular weight excluding hydrogens is 420 g/mol. The quantitative estimate of drug-likeness (QED) is 0.485. The number of aromatic nitrogens is 2. The molecule has 12 heteroatoms. The highest BCUT2D eigenvalue weighted by atomic mass is 32.2. The highest BCUT2D eigenvalue weighted by molar-refractivity contribution is 7.90. The first kappa shape index (κ1) is 21.8. The number of hydrazine groups is 2. The molecule has 2 N–H and O–H groups in total. The molecule has 2 heterocycles. The topological polar surface area (TPSA) is 108 Å². The van der Waals surface area contributed by atoms with Crippen LogP contribution in [0, 0.1) is 0 Å². The van der Waals surface area contributed by atoms with Gasteiger partial charge in [-0.05, 0) is 24.3 Å². The van der Waals surface area contributed by atoms with E-state index in [9.17, 15) is 13.2 Å². The number of hydrogen-bond donors (Lipinski definition) is 2. The minimum atomic E-state index is -4.00. The van der Waals surface area contributed by atoms with E-state index in [1.165, 1.54) is 31.5 Å². The number of nitrogens with one attached hydrogen (secondary N) is 2. The molecule has 0 saturated carbocycles. The Kier molecular flexibility index (Phi) is 7.45. The van der Waals surface area contributed by atoms with E-state index in [-0.39, 0.29) is 4.99 Å². The van der Waals surface area contributed by atoms with Crippen LogP contribution < -0.4 is 10.3 Å². The second kappa shape index (κ2) is 9.59. The minimum absolute atomic E-state index is 0.215. The Hall–Kier alpha value is -2.54. The van der Waals surface area contributed by atoms with E-state index in [2.05, 4.69) is 20.2 Å². The fourth-order valence-corrected chi connectivity index (χ4v) is 3.46. The lowest BCUT2D eigenvalue weighted by Crippen LogP contribution is -2.49. The van der Waals surface area contributed by atoms with Crippen molar-refractivity contribution in [2.45, 2.75) is 0 Å². The van der Waals surface area contributed by atoms with Crippen LogP contribution >= 0.6 is 24.4 Å². The number of hydrogen-bond acceptors (Lipinski definition) is 7. The molecule has 0 aliphatic rings. The lowest BCUT2D eigenvalue weighted by Gasteiger charge is -2.23. The first-order chi connectivity index (χ1) is 13.2. The molecule has 0 atom stereocenters. The Balaban J connectivity index is 1.93. The van der Waals surface area contributed by atoms with E-state index in [1.54, 1.807) is 36.7 Å². The molecule has 0 spiro atoms. The maximum absolute atomic E-state index is 12.3. The third-order valence-corrected chi connectivity index (χ3v) is 5.53. The molecule has 2 aromatic rings. The van der Waals surface area contributed by atoms with Gasteiger partial charge < -0.3 is 0 Å². The molecule has 0 aliphatic heterocycles. The minimum Gasteiger partial charge on any atom is -0.287 e. The standard InChI is InChI=1S/C16H18N6O3S3/c1-21(15(26)12-5-3-7-17-9-12)19-14(23)11-28(24,25)20-22(2)16(27)13-6-4-8-18-10-13/h3-10,20H,11H2,1-2H3,(H,19,23). The summed E-state index contributed by atoms with van der Waals surface area (Å²) >= 11 is 10.4. The van der Waals surface area contributed by atoms with E-state index in [0.717, 1.165) is 5.01 Å². The van der Waals surface area contributed by atoms with Gasteiger partial charge >= 0.3 is 0 Å². The van der Waals surface area contributed by atoms with E-state index < -0.39 is 21.7 Å². The number of carbonyl (C=O) groups is 1. The van der Waals surface area contributed by atoms with Crippen LogP contribution in [0.4, 0.5) is 0 Å². The molecule has 0 bridgehead atoms. The summed E-state index contributed by atoms with van der Waals surface area (Å²) in [6, 6.07) is 6.80. The fraction of sp³-hybridized carbons (Fsp3) is 0.188. The lowest BCUT2D eigenvalue weighted by atomic mass is 10.3. The molecule has 2 rings (SSSR count). The first-order valence-electron chi connectivity index (χ1n) is 7.85. The predicted molar refractivity (Wildman–Crippen MR) is 112 cm³/mol. The van der Waals surface area contributed by atoms with Gasteiger partial charge in [0, 0.05) is 50.0 Å². The van der Waals surface area contributed by atoms with E-state index >= 15 is 0 Å². The summed E-state index contributed by atoms with van der Waals surface area (Å²) in [7, 11) is -1.05. The zero-order chi connectivity index (χ0) is 20.7. The van der Waals surface area contributed by atoms with Crippen molar-refractivity contribution < 1.29 is 13.2 Å². The molecule has 0 unspecified atom stereocenters. The number of thiocarbonyl (C=S) groups is 2. The van der Waals surface area contributed by atoms with Crippen molar-refractivity contribution in [3.63, 3.8) is 0 Å². The molecule has 2 aromatic heterocycles. The van der Waals surface area contributed by atoms with Gasteiger partial charge in [-0.2, -0.15) is 0 Å². The first-order valence-corrected chi connectivity index (χ1v) is 10.3. The Bertz CT molecular complexity index is 954. The number of amides is 1. The number of nitrogens with zero attached hydrogens (tertiary/aromatic N) is 4. The summed E-state index contributed by atoms with van der Waals surface area (Å²) < 4.78 is 24.5. The highest BCUT2D eigenvalue weighted by Crippen LogP contribution is 2.03. The van der Waals surface area contributed by atoms with Gasteiger partial charge in [0.1, 0.15) is 15.7 Å². The van der Waals surface area contributed by atoms with Crippen LogP contribution in [0.25, 0.3) is 0 Å². The van der Waals surface area contributed by atoms with Crippen molar-refractivity contribution in [3.8, 4) is 0 Å². The second-order valence-electron chi connectivity index (χ2n) is 5.60. The van der Waals surface area contributed by atoms with Crippen LogP contribution in [-0.4, -0.2) is 64.1 Å². The summed E-state index contributed by atoms with van der Waals surface area (Å²) in [6.45, 7) is 0. The zero-order valence-corrected chi connectivity index (χ0v) is 17.5. The van der Waals surface area contributed by atoms with Crippen molar-refractivity contribution in [2.75, 3.05) is 19.8 Å². The smallest absolute Gasteiger partial charge is 0.255 e. The van der Waals surface area contributed by atoms with Gasteiger partial charge in [-0.3, -0.25) is 30.2 Å². The van der Waals surface area contributed by atoms with Gasteiger partial charge in [0.2, 0.25) is 10.0 Å². The van der Waals surface area contributed by atoms with Crippen molar-refractivity contribution in [2.24, 2.45) is 0 Å². The van der Waals surface area contributed by atoms with Crippen molar-refractivity contribution in [1.29, 1.82) is 0 Å². The maximum atomic E-state index is 12.3. The van der Waals surface area contributed by atoms with Gasteiger partial charge in [0.05, 0.1) is 0 Å². The zero-order valence-electron chi connectivity index (χ0n) is 15.1. The molecular formula is C16H18N6O3S3.